The highest BCUT2D eigenvalue weighted by Crippen LogP contribution is 2.11. The van der Waals surface area contributed by atoms with Crippen LogP contribution in [0, 0.1) is 0 Å². The minimum Gasteiger partial charge on any atom is -0.472 e. The summed E-state index contributed by atoms with van der Waals surface area (Å²) in [5.74, 6) is 0.660. The van der Waals surface area contributed by atoms with Gasteiger partial charge in [0, 0.05) is 25.4 Å². The maximum Gasteiger partial charge on any atom is 0.213 e. The fourth-order valence-electron chi connectivity index (χ4n) is 1.42. The van der Waals surface area contributed by atoms with Crippen LogP contribution in [0.5, 0.6) is 5.88 Å². The first-order valence-corrected chi connectivity index (χ1v) is 6.16. The Labute approximate surface area is 103 Å². The molecule has 1 aromatic heterocycles. The van der Waals surface area contributed by atoms with Crippen molar-refractivity contribution < 1.29 is 9.47 Å². The van der Waals surface area contributed by atoms with Crippen molar-refractivity contribution in [3.63, 3.8) is 0 Å². The quantitative estimate of drug-likeness (QED) is 0.752. The van der Waals surface area contributed by atoms with E-state index in [0.717, 1.165) is 13.1 Å². The molecule has 1 unspecified atom stereocenters. The van der Waals surface area contributed by atoms with E-state index in [1.807, 2.05) is 26.0 Å². The Kier molecular flexibility index (Phi) is 6.58. The molecule has 0 spiro atoms. The van der Waals surface area contributed by atoms with Crippen LogP contribution >= 0.6 is 0 Å². The predicted molar refractivity (Wildman–Crippen MR) is 68.2 cm³/mol. The molecule has 4 heteroatoms. The average Bonchev–Trinajstić information content (AvgIpc) is 2.34. The standard InChI is InChI=1S/C13H22N2O2/c1-4-14-9-12-6-7-15-13(8-12)17-11(3)10-16-5-2/h6-8,11,14H,4-5,9-10H2,1-3H3. The number of nitrogens with zero attached hydrogens (tertiary/aromatic N) is 1. The molecule has 0 saturated heterocycles. The van der Waals surface area contributed by atoms with Gasteiger partial charge in [0.05, 0.1) is 6.61 Å². The lowest BCUT2D eigenvalue weighted by Gasteiger charge is -2.14. The summed E-state index contributed by atoms with van der Waals surface area (Å²) in [6, 6.07) is 3.95. The second kappa shape index (κ2) is 8.03. The monoisotopic (exact) mass is 238 g/mol. The summed E-state index contributed by atoms with van der Waals surface area (Å²) in [7, 11) is 0. The molecule has 0 aliphatic heterocycles. The first-order valence-electron chi connectivity index (χ1n) is 6.16. The smallest absolute Gasteiger partial charge is 0.213 e. The molecule has 0 saturated carbocycles. The number of nitrogens with one attached hydrogen (secondary N) is 1. The Hall–Kier alpha value is -1.13. The minimum atomic E-state index is 0.0248. The normalized spacial score (nSPS) is 12.4. The fourth-order valence-corrected chi connectivity index (χ4v) is 1.42. The van der Waals surface area contributed by atoms with E-state index in [1.54, 1.807) is 6.20 Å². The zero-order valence-corrected chi connectivity index (χ0v) is 10.9. The third-order valence-electron chi connectivity index (χ3n) is 2.26. The Morgan fingerprint density at radius 2 is 2.24 bits per heavy atom. The molecule has 17 heavy (non-hydrogen) atoms. The summed E-state index contributed by atoms with van der Waals surface area (Å²) >= 11 is 0. The molecule has 0 aliphatic rings. The van der Waals surface area contributed by atoms with E-state index in [4.69, 9.17) is 9.47 Å². The number of aromatic nitrogens is 1. The van der Waals surface area contributed by atoms with E-state index in [0.29, 0.717) is 19.1 Å². The van der Waals surface area contributed by atoms with Gasteiger partial charge in [0.15, 0.2) is 0 Å². The number of hydrogen-bond acceptors (Lipinski definition) is 4. The van der Waals surface area contributed by atoms with Gasteiger partial charge in [0.2, 0.25) is 5.88 Å². The zero-order chi connectivity index (χ0) is 12.5. The van der Waals surface area contributed by atoms with Crippen LogP contribution in [0.1, 0.15) is 26.3 Å². The van der Waals surface area contributed by atoms with Gasteiger partial charge in [-0.1, -0.05) is 6.92 Å². The first-order chi connectivity index (χ1) is 8.26. The van der Waals surface area contributed by atoms with Crippen molar-refractivity contribution in [3.8, 4) is 5.88 Å². The molecule has 1 rings (SSSR count). The molecule has 1 aromatic rings. The maximum atomic E-state index is 5.67. The Morgan fingerprint density at radius 3 is 2.94 bits per heavy atom. The summed E-state index contributed by atoms with van der Waals surface area (Å²) in [5, 5.41) is 3.27. The van der Waals surface area contributed by atoms with Gasteiger partial charge in [-0.15, -0.1) is 0 Å². The fraction of sp³-hybridized carbons (Fsp3) is 0.615. The number of hydrogen-bond donors (Lipinski definition) is 1. The van der Waals surface area contributed by atoms with Crippen molar-refractivity contribution in [1.82, 2.24) is 10.3 Å². The van der Waals surface area contributed by atoms with E-state index in [1.165, 1.54) is 5.56 Å². The summed E-state index contributed by atoms with van der Waals surface area (Å²) in [6.07, 6.45) is 1.80. The molecule has 0 aliphatic carbocycles. The first kappa shape index (κ1) is 13.9. The number of ether oxygens (including phenoxy) is 2. The maximum absolute atomic E-state index is 5.67. The van der Waals surface area contributed by atoms with Crippen molar-refractivity contribution in [2.45, 2.75) is 33.4 Å². The lowest BCUT2D eigenvalue weighted by molar-refractivity contribution is 0.0633. The highest BCUT2D eigenvalue weighted by Gasteiger charge is 2.05. The summed E-state index contributed by atoms with van der Waals surface area (Å²) in [6.45, 7) is 9.14. The van der Waals surface area contributed by atoms with Gasteiger partial charge in [-0.05, 0) is 32.0 Å². The lowest BCUT2D eigenvalue weighted by Crippen LogP contribution is -2.20. The van der Waals surface area contributed by atoms with Gasteiger partial charge in [0.25, 0.3) is 0 Å². The second-order valence-electron chi connectivity index (χ2n) is 3.87. The van der Waals surface area contributed by atoms with Crippen LogP contribution in [0.4, 0.5) is 0 Å². The zero-order valence-electron chi connectivity index (χ0n) is 10.9. The Balaban J connectivity index is 2.47. The SMILES string of the molecule is CCNCc1ccnc(OC(C)COCC)c1. The molecule has 0 bridgehead atoms. The third-order valence-corrected chi connectivity index (χ3v) is 2.26. The second-order valence-corrected chi connectivity index (χ2v) is 3.87. The Bertz CT molecular complexity index is 318. The van der Waals surface area contributed by atoms with E-state index in [9.17, 15) is 0 Å². The minimum absolute atomic E-state index is 0.0248. The number of rotatable bonds is 8. The van der Waals surface area contributed by atoms with E-state index in [2.05, 4.69) is 17.2 Å². The lowest BCUT2D eigenvalue weighted by atomic mass is 10.2. The van der Waals surface area contributed by atoms with Gasteiger partial charge in [-0.2, -0.15) is 0 Å². The van der Waals surface area contributed by atoms with E-state index in [-0.39, 0.29) is 6.10 Å². The van der Waals surface area contributed by atoms with Crippen LogP contribution in [0.2, 0.25) is 0 Å². The van der Waals surface area contributed by atoms with Crippen molar-refractivity contribution in [1.29, 1.82) is 0 Å². The molecule has 1 atom stereocenters. The van der Waals surface area contributed by atoms with Crippen LogP contribution in [0.3, 0.4) is 0 Å². The van der Waals surface area contributed by atoms with Crippen LogP contribution in [0.15, 0.2) is 18.3 Å². The predicted octanol–water partition coefficient (Wildman–Crippen LogP) is 1.99. The molecule has 0 radical (unpaired) electrons. The molecule has 1 N–H and O–H groups in total. The van der Waals surface area contributed by atoms with Gasteiger partial charge >= 0.3 is 0 Å². The van der Waals surface area contributed by atoms with Crippen LogP contribution in [-0.2, 0) is 11.3 Å². The van der Waals surface area contributed by atoms with Crippen molar-refractivity contribution in [2.75, 3.05) is 19.8 Å². The van der Waals surface area contributed by atoms with Gasteiger partial charge in [0.1, 0.15) is 6.10 Å². The third kappa shape index (κ3) is 5.65. The van der Waals surface area contributed by atoms with Crippen LogP contribution in [0.25, 0.3) is 0 Å². The van der Waals surface area contributed by atoms with Crippen molar-refractivity contribution in [3.05, 3.63) is 23.9 Å². The molecular formula is C13H22N2O2. The summed E-state index contributed by atoms with van der Waals surface area (Å²) in [4.78, 5) is 4.19. The van der Waals surface area contributed by atoms with Crippen molar-refractivity contribution in [2.24, 2.45) is 0 Å². The van der Waals surface area contributed by atoms with E-state index >= 15 is 0 Å². The largest absolute Gasteiger partial charge is 0.472 e. The van der Waals surface area contributed by atoms with Gasteiger partial charge < -0.3 is 14.8 Å². The average molecular weight is 238 g/mol. The van der Waals surface area contributed by atoms with Crippen LogP contribution in [-0.4, -0.2) is 30.8 Å². The molecular weight excluding hydrogens is 216 g/mol. The molecule has 0 amide bonds. The topological polar surface area (TPSA) is 43.4 Å². The highest BCUT2D eigenvalue weighted by molar-refractivity contribution is 5.20. The van der Waals surface area contributed by atoms with Gasteiger partial charge in [-0.3, -0.25) is 0 Å². The van der Waals surface area contributed by atoms with Gasteiger partial charge in [-0.25, -0.2) is 4.98 Å². The van der Waals surface area contributed by atoms with Crippen LogP contribution < -0.4 is 10.1 Å². The highest BCUT2D eigenvalue weighted by atomic mass is 16.5. The summed E-state index contributed by atoms with van der Waals surface area (Å²) < 4.78 is 11.0. The molecule has 0 aromatic carbocycles. The molecule has 0 fully saturated rings. The summed E-state index contributed by atoms with van der Waals surface area (Å²) in [5.41, 5.74) is 1.18. The molecule has 96 valence electrons. The Morgan fingerprint density at radius 1 is 1.41 bits per heavy atom. The van der Waals surface area contributed by atoms with Crippen molar-refractivity contribution >= 4 is 0 Å². The molecule has 4 nitrogen and oxygen atoms in total. The molecule has 1 heterocycles. The van der Waals surface area contributed by atoms with E-state index < -0.39 is 0 Å². The number of pyridine rings is 1.